The predicted molar refractivity (Wildman–Crippen MR) is 77.4 cm³/mol. The second-order valence-corrected chi connectivity index (χ2v) is 6.50. The molecule has 0 spiro atoms. The summed E-state index contributed by atoms with van der Waals surface area (Å²) >= 11 is 0. The van der Waals surface area contributed by atoms with Gasteiger partial charge in [-0.1, -0.05) is 18.1 Å². The number of carboxylic acids is 1. The van der Waals surface area contributed by atoms with Crippen LogP contribution in [0.2, 0.25) is 0 Å². The van der Waals surface area contributed by atoms with Crippen LogP contribution in [0, 0.1) is 5.92 Å². The Morgan fingerprint density at radius 2 is 2.09 bits per heavy atom. The summed E-state index contributed by atoms with van der Waals surface area (Å²) in [5.74, 6) is -0.456. The minimum absolute atomic E-state index is 0.0220. The molecule has 0 atom stereocenters. The first kappa shape index (κ1) is 16.3. The first-order valence-corrected chi connectivity index (χ1v) is 7.39. The van der Waals surface area contributed by atoms with E-state index in [1.807, 2.05) is 0 Å². The van der Waals surface area contributed by atoms with E-state index in [0.29, 0.717) is 18.2 Å². The number of rotatable bonds is 6. The molecule has 1 aromatic heterocycles. The smallest absolute Gasteiger partial charge is 0.407 e. The molecule has 1 aromatic rings. The van der Waals surface area contributed by atoms with Crippen LogP contribution in [0.15, 0.2) is 0 Å². The van der Waals surface area contributed by atoms with Crippen molar-refractivity contribution >= 4 is 12.1 Å². The number of aryl methyl sites for hydroxylation is 1. The molecule has 0 saturated heterocycles. The van der Waals surface area contributed by atoms with E-state index in [4.69, 9.17) is 9.84 Å². The molecule has 1 heterocycles. The minimum Gasteiger partial charge on any atom is -0.476 e. The van der Waals surface area contributed by atoms with Crippen molar-refractivity contribution in [1.29, 1.82) is 0 Å². The van der Waals surface area contributed by atoms with E-state index in [9.17, 15) is 9.59 Å². The number of amides is 1. The molecule has 1 aliphatic rings. The molecule has 8 heteroatoms. The Balaban J connectivity index is 2.01. The highest BCUT2D eigenvalue weighted by Gasteiger charge is 2.24. The normalized spacial score (nSPS) is 14.7. The Kier molecular flexibility index (Phi) is 4.68. The molecular formula is C14H22N4O4. The number of nitrogens with zero attached hydrogens (tertiary/aromatic N) is 3. The molecule has 22 heavy (non-hydrogen) atoms. The zero-order chi connectivity index (χ0) is 16.3. The molecule has 122 valence electrons. The van der Waals surface area contributed by atoms with Gasteiger partial charge < -0.3 is 15.2 Å². The Morgan fingerprint density at radius 3 is 2.64 bits per heavy atom. The van der Waals surface area contributed by atoms with Crippen LogP contribution in [-0.2, 0) is 17.8 Å². The fourth-order valence-corrected chi connectivity index (χ4v) is 2.03. The van der Waals surface area contributed by atoms with Crippen molar-refractivity contribution < 1.29 is 19.4 Å². The molecule has 8 nitrogen and oxygen atoms in total. The van der Waals surface area contributed by atoms with Crippen molar-refractivity contribution in [2.24, 2.45) is 5.92 Å². The van der Waals surface area contributed by atoms with E-state index < -0.39 is 17.7 Å². The Hall–Kier alpha value is -2.12. The van der Waals surface area contributed by atoms with Gasteiger partial charge in [-0.25, -0.2) is 14.3 Å². The maximum absolute atomic E-state index is 11.7. The lowest BCUT2D eigenvalue weighted by Crippen LogP contribution is -2.33. The van der Waals surface area contributed by atoms with Crippen molar-refractivity contribution in [3.05, 3.63) is 11.4 Å². The number of carbonyl (C=O) groups excluding carboxylic acids is 1. The maximum atomic E-state index is 11.7. The van der Waals surface area contributed by atoms with Crippen molar-refractivity contribution in [2.45, 2.75) is 58.7 Å². The summed E-state index contributed by atoms with van der Waals surface area (Å²) in [7, 11) is 0. The third kappa shape index (κ3) is 4.71. The fraction of sp³-hybridized carbons (Fsp3) is 0.714. The van der Waals surface area contributed by atoms with Gasteiger partial charge in [-0.2, -0.15) is 0 Å². The molecule has 1 fully saturated rings. The van der Waals surface area contributed by atoms with Crippen LogP contribution < -0.4 is 5.32 Å². The summed E-state index contributed by atoms with van der Waals surface area (Å²) in [6, 6.07) is 0. The lowest BCUT2D eigenvalue weighted by Gasteiger charge is -2.19. The van der Waals surface area contributed by atoms with E-state index in [-0.39, 0.29) is 12.2 Å². The second kappa shape index (κ2) is 6.33. The number of ether oxygens (including phenoxy) is 1. The van der Waals surface area contributed by atoms with Crippen molar-refractivity contribution in [3.63, 3.8) is 0 Å². The van der Waals surface area contributed by atoms with E-state index in [1.54, 1.807) is 25.5 Å². The number of hydrogen-bond donors (Lipinski definition) is 2. The third-order valence-corrected chi connectivity index (χ3v) is 3.29. The van der Waals surface area contributed by atoms with Gasteiger partial charge in [0, 0.05) is 6.54 Å². The first-order valence-electron chi connectivity index (χ1n) is 7.39. The van der Waals surface area contributed by atoms with E-state index in [0.717, 1.165) is 6.42 Å². The lowest BCUT2D eigenvalue weighted by molar-refractivity contribution is 0.0519. The van der Waals surface area contributed by atoms with Crippen molar-refractivity contribution in [2.75, 3.05) is 0 Å². The molecule has 0 aliphatic heterocycles. The van der Waals surface area contributed by atoms with Crippen molar-refractivity contribution in [1.82, 2.24) is 20.3 Å². The Bertz CT molecular complexity index is 558. The van der Waals surface area contributed by atoms with Crippen LogP contribution in [0.4, 0.5) is 4.79 Å². The summed E-state index contributed by atoms with van der Waals surface area (Å²) in [6.45, 7) is 5.91. The molecule has 2 N–H and O–H groups in total. The molecule has 2 rings (SSSR count). The van der Waals surface area contributed by atoms with Gasteiger partial charge in [0.15, 0.2) is 5.69 Å². The Labute approximate surface area is 128 Å². The summed E-state index contributed by atoms with van der Waals surface area (Å²) in [5, 5.41) is 19.3. The van der Waals surface area contributed by atoms with Crippen molar-refractivity contribution in [3.8, 4) is 0 Å². The van der Waals surface area contributed by atoms with Crippen LogP contribution >= 0.6 is 0 Å². The van der Waals surface area contributed by atoms with Crippen LogP contribution in [0.25, 0.3) is 0 Å². The molecule has 1 saturated carbocycles. The van der Waals surface area contributed by atoms with Gasteiger partial charge in [-0.15, -0.1) is 5.10 Å². The summed E-state index contributed by atoms with van der Waals surface area (Å²) in [5.41, 5.74) is -0.352. The number of carbonyl (C=O) groups is 2. The van der Waals surface area contributed by atoms with Gasteiger partial charge in [0.25, 0.3) is 0 Å². The van der Waals surface area contributed by atoms with E-state index in [2.05, 4.69) is 15.6 Å². The standard InChI is InChI=1S/C14H22N4O4/c1-14(2,3)22-13(21)15-8-10-11(12(19)20)16-17-18(10)7-6-9-4-5-9/h9H,4-8H2,1-3H3,(H,15,21)(H,19,20). The highest BCUT2D eigenvalue weighted by atomic mass is 16.6. The Morgan fingerprint density at radius 1 is 1.41 bits per heavy atom. The van der Waals surface area contributed by atoms with Gasteiger partial charge in [0.2, 0.25) is 0 Å². The topological polar surface area (TPSA) is 106 Å². The predicted octanol–water partition coefficient (Wildman–Crippen LogP) is 1.80. The lowest BCUT2D eigenvalue weighted by atomic mass is 10.2. The third-order valence-electron chi connectivity index (χ3n) is 3.29. The second-order valence-electron chi connectivity index (χ2n) is 6.50. The van der Waals surface area contributed by atoms with Gasteiger partial charge in [-0.05, 0) is 33.1 Å². The average molecular weight is 310 g/mol. The monoisotopic (exact) mass is 310 g/mol. The number of carboxylic acid groups (broad SMARTS) is 1. The molecule has 0 bridgehead atoms. The van der Waals surface area contributed by atoms with Gasteiger partial charge in [-0.3, -0.25) is 0 Å². The van der Waals surface area contributed by atoms with Crippen LogP contribution in [0.1, 0.15) is 56.2 Å². The molecule has 0 radical (unpaired) electrons. The molecule has 0 unspecified atom stereocenters. The van der Waals surface area contributed by atoms with Gasteiger partial charge in [0.1, 0.15) is 5.60 Å². The summed E-state index contributed by atoms with van der Waals surface area (Å²) in [4.78, 5) is 22.9. The van der Waals surface area contributed by atoms with Gasteiger partial charge in [0.05, 0.1) is 12.2 Å². The maximum Gasteiger partial charge on any atom is 0.407 e. The zero-order valence-corrected chi connectivity index (χ0v) is 13.1. The van der Waals surface area contributed by atoms with Crippen LogP contribution in [0.3, 0.4) is 0 Å². The van der Waals surface area contributed by atoms with Crippen LogP contribution in [0.5, 0.6) is 0 Å². The zero-order valence-electron chi connectivity index (χ0n) is 13.1. The van der Waals surface area contributed by atoms with Gasteiger partial charge >= 0.3 is 12.1 Å². The van der Waals surface area contributed by atoms with Crippen LogP contribution in [-0.4, -0.2) is 37.8 Å². The first-order chi connectivity index (χ1) is 10.3. The fourth-order valence-electron chi connectivity index (χ4n) is 2.03. The molecular weight excluding hydrogens is 288 g/mol. The number of nitrogens with one attached hydrogen (secondary N) is 1. The summed E-state index contributed by atoms with van der Waals surface area (Å²) < 4.78 is 6.69. The number of alkyl carbamates (subject to hydrolysis) is 1. The number of aromatic nitrogens is 3. The molecule has 1 amide bonds. The average Bonchev–Trinajstić information content (AvgIpc) is 3.11. The number of aromatic carboxylic acids is 1. The SMILES string of the molecule is CC(C)(C)OC(=O)NCc1c(C(=O)O)nnn1CCC1CC1. The summed E-state index contributed by atoms with van der Waals surface area (Å²) in [6.07, 6.45) is 2.78. The molecule has 1 aliphatic carbocycles. The highest BCUT2D eigenvalue weighted by molar-refractivity contribution is 5.86. The number of hydrogen-bond acceptors (Lipinski definition) is 5. The highest BCUT2D eigenvalue weighted by Crippen LogP contribution is 2.32. The van der Waals surface area contributed by atoms with E-state index in [1.165, 1.54) is 12.8 Å². The quantitative estimate of drug-likeness (QED) is 0.829. The van der Waals surface area contributed by atoms with E-state index >= 15 is 0 Å². The molecule has 0 aromatic carbocycles. The largest absolute Gasteiger partial charge is 0.476 e. The minimum atomic E-state index is -1.15.